The molecule has 0 saturated carbocycles. The summed E-state index contributed by atoms with van der Waals surface area (Å²) in [6.07, 6.45) is -3.32. The van der Waals surface area contributed by atoms with Gasteiger partial charge >= 0.3 is 18.0 Å². The number of carbonyl (C=O) groups is 2. The van der Waals surface area contributed by atoms with Crippen LogP contribution in [-0.4, -0.2) is 25.1 Å². The first-order valence-corrected chi connectivity index (χ1v) is 10.8. The molecule has 182 valence electrons. The van der Waals surface area contributed by atoms with Crippen LogP contribution in [0.1, 0.15) is 16.7 Å². The standard InChI is InChI=1S/C24H19BrF3N3O4/c1-34-20-7-2-4-16(21(20)35-14-15-8-10-18(25)11-9-15)13-29-31-23(33)22(32)30-19-6-3-5-17(12-19)24(26,27)28/h2-13H,14H2,1H3,(H,30,32)(H,31,33)/b29-13-. The molecule has 0 spiro atoms. The molecule has 0 atom stereocenters. The minimum atomic E-state index is -4.58. The van der Waals surface area contributed by atoms with E-state index >= 15 is 0 Å². The Morgan fingerprint density at radius 2 is 1.74 bits per heavy atom. The number of alkyl halides is 3. The lowest BCUT2D eigenvalue weighted by atomic mass is 10.2. The highest BCUT2D eigenvalue weighted by molar-refractivity contribution is 9.10. The summed E-state index contributed by atoms with van der Waals surface area (Å²) in [4.78, 5) is 24.1. The molecule has 3 aromatic rings. The van der Waals surface area contributed by atoms with Gasteiger partial charge in [-0.15, -0.1) is 0 Å². The predicted octanol–water partition coefficient (Wildman–Crippen LogP) is 5.14. The molecule has 0 bridgehead atoms. The van der Waals surface area contributed by atoms with E-state index in [0.717, 1.165) is 28.2 Å². The monoisotopic (exact) mass is 549 g/mol. The first kappa shape index (κ1) is 25.8. The molecular formula is C24H19BrF3N3O4. The highest BCUT2D eigenvalue weighted by Crippen LogP contribution is 2.31. The van der Waals surface area contributed by atoms with Gasteiger partial charge in [-0.25, -0.2) is 5.43 Å². The van der Waals surface area contributed by atoms with E-state index in [0.29, 0.717) is 17.1 Å². The number of nitrogens with zero attached hydrogens (tertiary/aromatic N) is 1. The van der Waals surface area contributed by atoms with Crippen molar-refractivity contribution in [3.8, 4) is 11.5 Å². The van der Waals surface area contributed by atoms with Gasteiger partial charge in [0.15, 0.2) is 11.5 Å². The lowest BCUT2D eigenvalue weighted by molar-refractivity contribution is -0.137. The van der Waals surface area contributed by atoms with Crippen molar-refractivity contribution in [1.29, 1.82) is 0 Å². The fourth-order valence-corrected chi connectivity index (χ4v) is 3.12. The van der Waals surface area contributed by atoms with E-state index in [2.05, 4.69) is 26.3 Å². The number of halogens is 4. The largest absolute Gasteiger partial charge is 0.493 e. The van der Waals surface area contributed by atoms with E-state index in [4.69, 9.17) is 9.47 Å². The van der Waals surface area contributed by atoms with Gasteiger partial charge in [0.1, 0.15) is 6.61 Å². The van der Waals surface area contributed by atoms with Gasteiger partial charge in [-0.05, 0) is 48.0 Å². The normalized spacial score (nSPS) is 11.2. The smallest absolute Gasteiger partial charge is 0.416 e. The topological polar surface area (TPSA) is 89.0 Å². The van der Waals surface area contributed by atoms with Crippen molar-refractivity contribution in [2.45, 2.75) is 12.8 Å². The number of carbonyl (C=O) groups excluding carboxylic acids is 2. The zero-order valence-corrected chi connectivity index (χ0v) is 19.8. The van der Waals surface area contributed by atoms with Gasteiger partial charge in [0, 0.05) is 15.7 Å². The number of hydrogen-bond acceptors (Lipinski definition) is 5. The molecule has 7 nitrogen and oxygen atoms in total. The van der Waals surface area contributed by atoms with Gasteiger partial charge in [0.05, 0.1) is 18.9 Å². The maximum absolute atomic E-state index is 12.8. The molecule has 0 radical (unpaired) electrons. The van der Waals surface area contributed by atoms with Crippen LogP contribution < -0.4 is 20.2 Å². The number of ether oxygens (including phenoxy) is 2. The van der Waals surface area contributed by atoms with E-state index in [-0.39, 0.29) is 12.3 Å². The Morgan fingerprint density at radius 3 is 2.43 bits per heavy atom. The molecule has 2 N–H and O–H groups in total. The van der Waals surface area contributed by atoms with Crippen molar-refractivity contribution in [3.05, 3.63) is 87.9 Å². The van der Waals surface area contributed by atoms with Crippen molar-refractivity contribution < 1.29 is 32.2 Å². The van der Waals surface area contributed by atoms with Crippen molar-refractivity contribution >= 4 is 39.6 Å². The Kier molecular flexibility index (Phi) is 8.48. The summed E-state index contributed by atoms with van der Waals surface area (Å²) in [5.41, 5.74) is 2.26. The first-order chi connectivity index (χ1) is 16.7. The maximum atomic E-state index is 12.8. The fourth-order valence-electron chi connectivity index (χ4n) is 2.86. The molecular weight excluding hydrogens is 531 g/mol. The van der Waals surface area contributed by atoms with Crippen LogP contribution >= 0.6 is 15.9 Å². The number of para-hydroxylation sites is 1. The third-order valence-corrected chi connectivity index (χ3v) is 5.08. The molecule has 3 aromatic carbocycles. The molecule has 0 aliphatic carbocycles. The van der Waals surface area contributed by atoms with E-state index in [1.54, 1.807) is 18.2 Å². The number of benzene rings is 3. The van der Waals surface area contributed by atoms with Gasteiger partial charge in [-0.1, -0.05) is 40.2 Å². The van der Waals surface area contributed by atoms with Crippen LogP contribution in [0.5, 0.6) is 11.5 Å². The van der Waals surface area contributed by atoms with Crippen molar-refractivity contribution in [2.75, 3.05) is 12.4 Å². The van der Waals surface area contributed by atoms with Crippen LogP contribution in [-0.2, 0) is 22.4 Å². The highest BCUT2D eigenvalue weighted by Gasteiger charge is 2.30. The average molecular weight is 550 g/mol. The fraction of sp³-hybridized carbons (Fsp3) is 0.125. The van der Waals surface area contributed by atoms with Crippen LogP contribution in [0.25, 0.3) is 0 Å². The molecule has 0 aromatic heterocycles. The van der Waals surface area contributed by atoms with Gasteiger partial charge in [0.25, 0.3) is 0 Å². The van der Waals surface area contributed by atoms with Crippen molar-refractivity contribution in [2.24, 2.45) is 5.10 Å². The number of rotatable bonds is 7. The summed E-state index contributed by atoms with van der Waals surface area (Å²) in [6.45, 7) is 0.236. The Hall–Kier alpha value is -3.86. The zero-order chi connectivity index (χ0) is 25.4. The number of methoxy groups -OCH3 is 1. The highest BCUT2D eigenvalue weighted by atomic mass is 79.9. The number of hydrogen-bond donors (Lipinski definition) is 2. The van der Waals surface area contributed by atoms with Crippen molar-refractivity contribution in [1.82, 2.24) is 5.43 Å². The lowest BCUT2D eigenvalue weighted by Crippen LogP contribution is -2.32. The van der Waals surface area contributed by atoms with E-state index in [1.807, 2.05) is 29.7 Å². The molecule has 0 aliphatic rings. The number of hydrazone groups is 1. The van der Waals surface area contributed by atoms with Gasteiger partial charge < -0.3 is 14.8 Å². The quantitative estimate of drug-likeness (QED) is 0.242. The second kappa shape index (κ2) is 11.5. The molecule has 0 unspecified atom stereocenters. The first-order valence-electron chi connectivity index (χ1n) is 10.0. The Labute approximate surface area is 207 Å². The second-order valence-corrected chi connectivity index (χ2v) is 7.94. The van der Waals surface area contributed by atoms with Crippen LogP contribution in [0.15, 0.2) is 76.3 Å². The van der Waals surface area contributed by atoms with Crippen LogP contribution in [0.2, 0.25) is 0 Å². The van der Waals surface area contributed by atoms with Crippen LogP contribution in [0.3, 0.4) is 0 Å². The Balaban J connectivity index is 1.65. The summed E-state index contributed by atoms with van der Waals surface area (Å²) in [6, 6.07) is 16.5. The predicted molar refractivity (Wildman–Crippen MR) is 127 cm³/mol. The molecule has 3 rings (SSSR count). The maximum Gasteiger partial charge on any atom is 0.416 e. The molecule has 0 heterocycles. The molecule has 11 heteroatoms. The van der Waals surface area contributed by atoms with Crippen molar-refractivity contribution in [3.63, 3.8) is 0 Å². The second-order valence-electron chi connectivity index (χ2n) is 7.03. The van der Waals surface area contributed by atoms with Crippen LogP contribution in [0.4, 0.5) is 18.9 Å². The molecule has 0 saturated heterocycles. The number of anilines is 1. The van der Waals surface area contributed by atoms with E-state index in [1.165, 1.54) is 19.4 Å². The average Bonchev–Trinajstić information content (AvgIpc) is 2.83. The van der Waals surface area contributed by atoms with E-state index < -0.39 is 23.6 Å². The summed E-state index contributed by atoms with van der Waals surface area (Å²) >= 11 is 3.37. The summed E-state index contributed by atoms with van der Waals surface area (Å²) in [5, 5.41) is 5.86. The minimum Gasteiger partial charge on any atom is -0.493 e. The minimum absolute atomic E-state index is 0.180. The molecule has 0 aliphatic heterocycles. The summed E-state index contributed by atoms with van der Waals surface area (Å²) in [7, 11) is 1.47. The molecule has 35 heavy (non-hydrogen) atoms. The zero-order valence-electron chi connectivity index (χ0n) is 18.2. The van der Waals surface area contributed by atoms with Gasteiger partial charge in [-0.3, -0.25) is 9.59 Å². The number of nitrogens with one attached hydrogen (secondary N) is 2. The summed E-state index contributed by atoms with van der Waals surface area (Å²) in [5.74, 6) is -1.55. The van der Waals surface area contributed by atoms with E-state index in [9.17, 15) is 22.8 Å². The van der Waals surface area contributed by atoms with Gasteiger partial charge in [0.2, 0.25) is 0 Å². The molecule has 0 fully saturated rings. The molecule has 2 amide bonds. The van der Waals surface area contributed by atoms with Gasteiger partial charge in [-0.2, -0.15) is 18.3 Å². The SMILES string of the molecule is COc1cccc(/C=N\NC(=O)C(=O)Nc2cccc(C(F)(F)F)c2)c1OCc1ccc(Br)cc1. The summed E-state index contributed by atoms with van der Waals surface area (Å²) < 4.78 is 50.6. The number of amides is 2. The lowest BCUT2D eigenvalue weighted by Gasteiger charge is -2.13. The Bertz CT molecular complexity index is 1230. The third kappa shape index (κ3) is 7.31. The third-order valence-electron chi connectivity index (χ3n) is 4.55. The Morgan fingerprint density at radius 1 is 1.03 bits per heavy atom. The van der Waals surface area contributed by atoms with Crippen LogP contribution in [0, 0.1) is 0 Å².